The fraction of sp³-hybridized carbons (Fsp3) is 0. The second-order valence-corrected chi connectivity index (χ2v) is 14.4. The van der Waals surface area contributed by atoms with E-state index >= 15 is 0 Å². The lowest BCUT2D eigenvalue weighted by atomic mass is 9.97. The van der Waals surface area contributed by atoms with Crippen LogP contribution in [-0.4, -0.2) is 15.0 Å². The van der Waals surface area contributed by atoms with Gasteiger partial charge >= 0.3 is 0 Å². The van der Waals surface area contributed by atoms with Crippen LogP contribution < -0.4 is 4.90 Å². The maximum Gasteiger partial charge on any atom is 0.164 e. The predicted octanol–water partition coefficient (Wildman–Crippen LogP) is 14.2. The average Bonchev–Trinajstić information content (AvgIpc) is 3.68. The number of fused-ring (bicyclic) bond motifs is 6. The van der Waals surface area contributed by atoms with E-state index in [9.17, 15) is 0 Å². The monoisotopic (exact) mass is 742 g/mol. The van der Waals surface area contributed by atoms with E-state index in [1.807, 2.05) is 30.3 Å². The van der Waals surface area contributed by atoms with E-state index in [0.29, 0.717) is 17.5 Å². The summed E-state index contributed by atoms with van der Waals surface area (Å²) in [6.07, 6.45) is 0. The first-order valence-electron chi connectivity index (χ1n) is 19.4. The molecule has 0 bridgehead atoms. The lowest BCUT2D eigenvalue weighted by Crippen LogP contribution is -2.09. The molecule has 5 heteroatoms. The number of hydrogen-bond donors (Lipinski definition) is 0. The number of anilines is 3. The summed E-state index contributed by atoms with van der Waals surface area (Å²) < 4.78 is 6.70. The minimum atomic E-state index is 0.606. The molecule has 58 heavy (non-hydrogen) atoms. The molecule has 0 radical (unpaired) electrons. The van der Waals surface area contributed by atoms with Crippen molar-refractivity contribution in [1.29, 1.82) is 0 Å². The van der Waals surface area contributed by atoms with Crippen LogP contribution in [0.15, 0.2) is 211 Å². The smallest absolute Gasteiger partial charge is 0.164 e. The second-order valence-electron chi connectivity index (χ2n) is 14.4. The van der Waals surface area contributed by atoms with Gasteiger partial charge in [0.05, 0.1) is 0 Å². The Morgan fingerprint density at radius 1 is 0.328 bits per heavy atom. The molecule has 9 aromatic carbocycles. The first-order chi connectivity index (χ1) is 28.7. The van der Waals surface area contributed by atoms with Gasteiger partial charge in [0, 0.05) is 49.9 Å². The van der Waals surface area contributed by atoms with Crippen LogP contribution in [-0.2, 0) is 0 Å². The minimum Gasteiger partial charge on any atom is -0.455 e. The van der Waals surface area contributed by atoms with Gasteiger partial charge in [-0.25, -0.2) is 15.0 Å². The van der Waals surface area contributed by atoms with E-state index in [0.717, 1.165) is 88.4 Å². The van der Waals surface area contributed by atoms with Gasteiger partial charge in [0.2, 0.25) is 0 Å². The Kier molecular flexibility index (Phi) is 8.07. The summed E-state index contributed by atoms with van der Waals surface area (Å²) >= 11 is 0. The van der Waals surface area contributed by atoms with Crippen molar-refractivity contribution in [1.82, 2.24) is 15.0 Å². The van der Waals surface area contributed by atoms with Gasteiger partial charge in [-0.2, -0.15) is 0 Å². The molecular formula is C53H34N4O. The quantitative estimate of drug-likeness (QED) is 0.163. The lowest BCUT2D eigenvalue weighted by molar-refractivity contribution is 0.673. The van der Waals surface area contributed by atoms with E-state index in [1.165, 1.54) is 0 Å². The fourth-order valence-corrected chi connectivity index (χ4v) is 8.14. The van der Waals surface area contributed by atoms with E-state index in [2.05, 4.69) is 181 Å². The molecule has 11 rings (SSSR count). The highest BCUT2D eigenvalue weighted by Gasteiger charge is 2.20. The Labute approximate surface area is 335 Å². The van der Waals surface area contributed by atoms with Crippen LogP contribution in [0, 0.1) is 0 Å². The van der Waals surface area contributed by atoms with Gasteiger partial charge < -0.3 is 9.32 Å². The fourth-order valence-electron chi connectivity index (χ4n) is 8.14. The highest BCUT2D eigenvalue weighted by Crippen LogP contribution is 2.42. The van der Waals surface area contributed by atoms with Gasteiger partial charge in [-0.15, -0.1) is 0 Å². The van der Waals surface area contributed by atoms with Gasteiger partial charge in [-0.3, -0.25) is 0 Å². The van der Waals surface area contributed by atoms with Crippen LogP contribution in [0.3, 0.4) is 0 Å². The number of furan rings is 1. The Bertz CT molecular complexity index is 3240. The molecule has 272 valence electrons. The number of para-hydroxylation sites is 2. The van der Waals surface area contributed by atoms with Gasteiger partial charge in [-0.05, 0) is 81.9 Å². The van der Waals surface area contributed by atoms with Crippen molar-refractivity contribution < 1.29 is 4.42 Å². The molecule has 11 aromatic rings. The van der Waals surface area contributed by atoms with Crippen LogP contribution in [0.1, 0.15) is 0 Å². The number of aromatic nitrogens is 3. The zero-order chi connectivity index (χ0) is 38.4. The highest BCUT2D eigenvalue weighted by atomic mass is 16.3. The molecular weight excluding hydrogens is 709 g/mol. The third kappa shape index (κ3) is 5.85. The Balaban J connectivity index is 1.10. The maximum absolute atomic E-state index is 6.70. The van der Waals surface area contributed by atoms with Crippen molar-refractivity contribution in [3.05, 3.63) is 206 Å². The normalized spacial score (nSPS) is 11.4. The molecule has 0 saturated carbocycles. The van der Waals surface area contributed by atoms with Crippen molar-refractivity contribution >= 4 is 60.5 Å². The highest BCUT2D eigenvalue weighted by molar-refractivity contribution is 6.19. The molecule has 0 saturated heterocycles. The van der Waals surface area contributed by atoms with Crippen molar-refractivity contribution in [3.8, 4) is 45.3 Å². The number of hydrogen-bond acceptors (Lipinski definition) is 5. The molecule has 2 heterocycles. The van der Waals surface area contributed by atoms with Gasteiger partial charge in [-0.1, -0.05) is 152 Å². The van der Waals surface area contributed by atoms with Crippen LogP contribution in [0.2, 0.25) is 0 Å². The molecule has 5 nitrogen and oxygen atoms in total. The molecule has 0 unspecified atom stereocenters. The second kappa shape index (κ2) is 14.0. The molecule has 0 amide bonds. The summed E-state index contributed by atoms with van der Waals surface area (Å²) in [7, 11) is 0. The van der Waals surface area contributed by atoms with Crippen LogP contribution in [0.5, 0.6) is 0 Å². The van der Waals surface area contributed by atoms with Crippen molar-refractivity contribution in [2.45, 2.75) is 0 Å². The van der Waals surface area contributed by atoms with Gasteiger partial charge in [0.15, 0.2) is 17.5 Å². The summed E-state index contributed by atoms with van der Waals surface area (Å²) in [5, 5.41) is 6.27. The standard InChI is InChI=1S/C53H34N4O/c1-4-17-36(18-5-1)51-54-52(45-29-15-19-35-16-10-11-26-42(35)45)56-53(55-51)48-34-47-46-33-38(30-31-49(46)58-50(47)44-28-13-12-27-43(44)48)37-20-14-25-41(32-37)57(39-21-6-2-7-22-39)40-23-8-3-9-24-40/h1-34H. The SMILES string of the molecule is c1ccc(-c2nc(-c3cccc4ccccc34)nc(-c3cc4c5cc(-c6cccc(N(c7ccccc7)c7ccccc7)c6)ccc5oc4c4ccccc34)n2)cc1. The van der Waals surface area contributed by atoms with Crippen molar-refractivity contribution in [2.75, 3.05) is 4.90 Å². The maximum atomic E-state index is 6.70. The Hall–Kier alpha value is -7.89. The number of nitrogens with zero attached hydrogens (tertiary/aromatic N) is 4. The van der Waals surface area contributed by atoms with Crippen molar-refractivity contribution in [2.24, 2.45) is 0 Å². The first-order valence-corrected chi connectivity index (χ1v) is 19.4. The molecule has 0 aliphatic carbocycles. The van der Waals surface area contributed by atoms with E-state index in [-0.39, 0.29) is 0 Å². The van der Waals surface area contributed by atoms with Crippen molar-refractivity contribution in [3.63, 3.8) is 0 Å². The summed E-state index contributed by atoms with van der Waals surface area (Å²) in [5.74, 6) is 1.86. The molecule has 0 fully saturated rings. The Morgan fingerprint density at radius 2 is 0.879 bits per heavy atom. The third-order valence-electron chi connectivity index (χ3n) is 10.9. The molecule has 0 atom stereocenters. The van der Waals surface area contributed by atoms with E-state index in [1.54, 1.807) is 0 Å². The third-order valence-corrected chi connectivity index (χ3v) is 10.9. The lowest BCUT2D eigenvalue weighted by Gasteiger charge is -2.25. The number of benzene rings is 9. The first kappa shape index (κ1) is 33.4. The van der Waals surface area contributed by atoms with Crippen LogP contribution in [0.25, 0.3) is 88.8 Å². The summed E-state index contributed by atoms with van der Waals surface area (Å²) in [5.41, 5.74) is 9.94. The van der Waals surface area contributed by atoms with Gasteiger partial charge in [0.25, 0.3) is 0 Å². The summed E-state index contributed by atoms with van der Waals surface area (Å²) in [6.45, 7) is 0. The molecule has 2 aromatic heterocycles. The minimum absolute atomic E-state index is 0.606. The van der Waals surface area contributed by atoms with Crippen LogP contribution >= 0.6 is 0 Å². The summed E-state index contributed by atoms with van der Waals surface area (Å²) in [6, 6.07) is 71.6. The zero-order valence-electron chi connectivity index (χ0n) is 31.3. The molecule has 0 aliphatic rings. The molecule has 0 N–H and O–H groups in total. The van der Waals surface area contributed by atoms with Crippen LogP contribution in [0.4, 0.5) is 17.1 Å². The van der Waals surface area contributed by atoms with Gasteiger partial charge in [0.1, 0.15) is 11.2 Å². The Morgan fingerprint density at radius 3 is 1.64 bits per heavy atom. The average molecular weight is 743 g/mol. The molecule has 0 spiro atoms. The topological polar surface area (TPSA) is 55.1 Å². The molecule has 0 aliphatic heterocycles. The van der Waals surface area contributed by atoms with E-state index in [4.69, 9.17) is 19.4 Å². The number of rotatable bonds is 7. The largest absolute Gasteiger partial charge is 0.455 e. The van der Waals surface area contributed by atoms with E-state index < -0.39 is 0 Å². The predicted molar refractivity (Wildman–Crippen MR) is 239 cm³/mol. The summed E-state index contributed by atoms with van der Waals surface area (Å²) in [4.78, 5) is 17.8. The zero-order valence-corrected chi connectivity index (χ0v) is 31.3.